The molecule has 1 heterocycles. The van der Waals surface area contributed by atoms with E-state index in [2.05, 4.69) is 32.6 Å². The lowest BCUT2D eigenvalue weighted by Gasteiger charge is -2.04. The Hall–Kier alpha value is -2.27. The Morgan fingerprint density at radius 1 is 1.05 bits per heavy atom. The summed E-state index contributed by atoms with van der Waals surface area (Å²) in [7, 11) is 1.90. The van der Waals surface area contributed by atoms with Crippen molar-refractivity contribution in [3.63, 3.8) is 0 Å². The molecular weight excluding hydrogens is 280 g/mol. The number of H-pyrrole nitrogens is 1. The van der Waals surface area contributed by atoms with Crippen LogP contribution in [-0.2, 0) is 5.75 Å². The van der Waals surface area contributed by atoms with E-state index < -0.39 is 0 Å². The number of rotatable bonds is 5. The molecule has 4 nitrogen and oxygen atoms in total. The molecule has 0 aliphatic carbocycles. The molecule has 0 atom stereocenters. The summed E-state index contributed by atoms with van der Waals surface area (Å²) in [6, 6.07) is 18.4. The Morgan fingerprint density at radius 2 is 1.81 bits per heavy atom. The first kappa shape index (κ1) is 13.7. The standard InChI is InChI=1S/C16H16N4S/c1-17-14-10-6-5-9-13(14)15-18-16(20-19-15)21-11-12-7-3-2-4-8-12/h2-10,17H,11H2,1H3,(H,18,19,20). The molecule has 0 aliphatic rings. The highest BCUT2D eigenvalue weighted by atomic mass is 32.2. The van der Waals surface area contributed by atoms with E-state index in [0.29, 0.717) is 0 Å². The van der Waals surface area contributed by atoms with Crippen molar-refractivity contribution in [1.29, 1.82) is 0 Å². The van der Waals surface area contributed by atoms with Crippen LogP contribution in [0.15, 0.2) is 59.8 Å². The normalized spacial score (nSPS) is 10.5. The SMILES string of the molecule is CNc1ccccc1-c1nc(SCc2ccccc2)n[nH]1. The molecule has 1 aromatic heterocycles. The summed E-state index contributed by atoms with van der Waals surface area (Å²) in [6.45, 7) is 0. The molecule has 2 N–H and O–H groups in total. The van der Waals surface area contributed by atoms with Gasteiger partial charge in [0.25, 0.3) is 0 Å². The molecule has 0 aliphatic heterocycles. The van der Waals surface area contributed by atoms with E-state index in [0.717, 1.165) is 28.0 Å². The number of benzene rings is 2. The number of para-hydroxylation sites is 1. The van der Waals surface area contributed by atoms with E-state index in [1.165, 1.54) is 5.56 Å². The van der Waals surface area contributed by atoms with E-state index in [4.69, 9.17) is 0 Å². The van der Waals surface area contributed by atoms with Crippen molar-refractivity contribution in [3.05, 3.63) is 60.2 Å². The van der Waals surface area contributed by atoms with Crippen molar-refractivity contribution >= 4 is 17.4 Å². The fourth-order valence-electron chi connectivity index (χ4n) is 2.06. The Bertz CT molecular complexity index is 709. The highest BCUT2D eigenvalue weighted by molar-refractivity contribution is 7.98. The number of hydrogen-bond acceptors (Lipinski definition) is 4. The predicted molar refractivity (Wildman–Crippen MR) is 87.4 cm³/mol. The Labute approximate surface area is 128 Å². The second-order valence-electron chi connectivity index (χ2n) is 4.54. The molecule has 3 rings (SSSR count). The average Bonchev–Trinajstić information content (AvgIpc) is 3.02. The van der Waals surface area contributed by atoms with Gasteiger partial charge < -0.3 is 5.32 Å². The third-order valence-corrected chi connectivity index (χ3v) is 4.05. The van der Waals surface area contributed by atoms with Crippen molar-refractivity contribution in [2.75, 3.05) is 12.4 Å². The fourth-order valence-corrected chi connectivity index (χ4v) is 2.82. The third kappa shape index (κ3) is 3.25. The zero-order valence-electron chi connectivity index (χ0n) is 11.7. The Morgan fingerprint density at radius 3 is 2.62 bits per heavy atom. The largest absolute Gasteiger partial charge is 0.388 e. The quantitative estimate of drug-likeness (QED) is 0.703. The van der Waals surface area contributed by atoms with Gasteiger partial charge in [-0.25, -0.2) is 4.98 Å². The van der Waals surface area contributed by atoms with Gasteiger partial charge in [0.1, 0.15) is 0 Å². The summed E-state index contributed by atoms with van der Waals surface area (Å²) in [6.07, 6.45) is 0. The summed E-state index contributed by atoms with van der Waals surface area (Å²) in [5.41, 5.74) is 3.33. The van der Waals surface area contributed by atoms with E-state index in [-0.39, 0.29) is 0 Å². The maximum Gasteiger partial charge on any atom is 0.209 e. The van der Waals surface area contributed by atoms with Gasteiger partial charge in [0.05, 0.1) is 0 Å². The van der Waals surface area contributed by atoms with Gasteiger partial charge in [0.15, 0.2) is 5.82 Å². The number of nitrogens with one attached hydrogen (secondary N) is 2. The third-order valence-electron chi connectivity index (χ3n) is 3.13. The molecule has 5 heteroatoms. The highest BCUT2D eigenvalue weighted by Crippen LogP contribution is 2.26. The number of aromatic amines is 1. The first-order valence-electron chi connectivity index (χ1n) is 6.73. The first-order chi connectivity index (χ1) is 10.4. The van der Waals surface area contributed by atoms with E-state index in [1.807, 2.05) is 49.5 Å². The second kappa shape index (κ2) is 6.45. The van der Waals surface area contributed by atoms with Crippen LogP contribution in [0.3, 0.4) is 0 Å². The molecule has 0 fully saturated rings. The minimum Gasteiger partial charge on any atom is -0.388 e. The van der Waals surface area contributed by atoms with Gasteiger partial charge in [-0.2, -0.15) is 0 Å². The molecule has 3 aromatic rings. The zero-order chi connectivity index (χ0) is 14.5. The molecule has 0 unspecified atom stereocenters. The summed E-state index contributed by atoms with van der Waals surface area (Å²) in [5.74, 6) is 1.65. The summed E-state index contributed by atoms with van der Waals surface area (Å²) < 4.78 is 0. The minimum absolute atomic E-state index is 0.764. The van der Waals surface area contributed by atoms with Crippen LogP contribution < -0.4 is 5.32 Å². The number of aromatic nitrogens is 3. The van der Waals surface area contributed by atoms with Gasteiger partial charge in [-0.15, -0.1) is 5.10 Å². The molecule has 0 saturated carbocycles. The van der Waals surface area contributed by atoms with Crippen molar-refractivity contribution in [1.82, 2.24) is 15.2 Å². The van der Waals surface area contributed by atoms with Crippen LogP contribution in [0.5, 0.6) is 0 Å². The lowest BCUT2D eigenvalue weighted by molar-refractivity contribution is 0.973. The molecule has 0 amide bonds. The number of nitrogens with zero attached hydrogens (tertiary/aromatic N) is 2. The molecule has 0 bridgehead atoms. The number of hydrogen-bond donors (Lipinski definition) is 2. The van der Waals surface area contributed by atoms with Crippen LogP contribution in [0, 0.1) is 0 Å². The fraction of sp³-hybridized carbons (Fsp3) is 0.125. The summed E-state index contributed by atoms with van der Waals surface area (Å²) in [5, 5.41) is 11.2. The van der Waals surface area contributed by atoms with Crippen LogP contribution in [0.2, 0.25) is 0 Å². The van der Waals surface area contributed by atoms with Gasteiger partial charge in [0.2, 0.25) is 5.16 Å². The molecule has 2 aromatic carbocycles. The minimum atomic E-state index is 0.764. The van der Waals surface area contributed by atoms with Crippen LogP contribution in [0.1, 0.15) is 5.56 Å². The van der Waals surface area contributed by atoms with Crippen molar-refractivity contribution in [2.45, 2.75) is 10.9 Å². The average molecular weight is 296 g/mol. The van der Waals surface area contributed by atoms with Gasteiger partial charge in [-0.1, -0.05) is 54.2 Å². The smallest absolute Gasteiger partial charge is 0.209 e. The van der Waals surface area contributed by atoms with Crippen molar-refractivity contribution in [3.8, 4) is 11.4 Å². The molecule has 0 saturated heterocycles. The molecule has 106 valence electrons. The molecule has 0 radical (unpaired) electrons. The van der Waals surface area contributed by atoms with Crippen LogP contribution in [0.4, 0.5) is 5.69 Å². The maximum absolute atomic E-state index is 4.56. The van der Waals surface area contributed by atoms with E-state index in [1.54, 1.807) is 11.8 Å². The van der Waals surface area contributed by atoms with Crippen LogP contribution in [-0.4, -0.2) is 22.2 Å². The molecular formula is C16H16N4S. The van der Waals surface area contributed by atoms with Gasteiger partial charge in [0, 0.05) is 24.1 Å². The Balaban J connectivity index is 1.74. The summed E-state index contributed by atoms with van der Waals surface area (Å²) in [4.78, 5) is 4.56. The van der Waals surface area contributed by atoms with Crippen molar-refractivity contribution in [2.24, 2.45) is 0 Å². The van der Waals surface area contributed by atoms with Crippen molar-refractivity contribution < 1.29 is 0 Å². The number of thioether (sulfide) groups is 1. The second-order valence-corrected chi connectivity index (χ2v) is 5.48. The van der Waals surface area contributed by atoms with E-state index >= 15 is 0 Å². The monoisotopic (exact) mass is 296 g/mol. The van der Waals surface area contributed by atoms with Gasteiger partial charge >= 0.3 is 0 Å². The molecule has 21 heavy (non-hydrogen) atoms. The summed E-state index contributed by atoms with van der Waals surface area (Å²) >= 11 is 1.63. The number of anilines is 1. The maximum atomic E-state index is 4.56. The van der Waals surface area contributed by atoms with E-state index in [9.17, 15) is 0 Å². The van der Waals surface area contributed by atoms with Gasteiger partial charge in [-0.05, 0) is 17.7 Å². The topological polar surface area (TPSA) is 53.6 Å². The lowest BCUT2D eigenvalue weighted by atomic mass is 10.1. The lowest BCUT2D eigenvalue weighted by Crippen LogP contribution is -1.92. The first-order valence-corrected chi connectivity index (χ1v) is 7.71. The zero-order valence-corrected chi connectivity index (χ0v) is 12.5. The molecule has 0 spiro atoms. The van der Waals surface area contributed by atoms with Crippen LogP contribution >= 0.6 is 11.8 Å². The highest BCUT2D eigenvalue weighted by Gasteiger charge is 2.09. The predicted octanol–water partition coefficient (Wildman–Crippen LogP) is 3.81. The Kier molecular flexibility index (Phi) is 4.21. The van der Waals surface area contributed by atoms with Gasteiger partial charge in [-0.3, -0.25) is 5.10 Å². The van der Waals surface area contributed by atoms with Crippen LogP contribution in [0.25, 0.3) is 11.4 Å².